The molecule has 7 nitrogen and oxygen atoms in total. The number of primary amides is 1. The molecule has 4 aromatic rings. The van der Waals surface area contributed by atoms with Crippen molar-refractivity contribution in [2.45, 2.75) is 0 Å². The minimum atomic E-state index is -0.599. The van der Waals surface area contributed by atoms with Gasteiger partial charge in [-0.05, 0) is 48.0 Å². The van der Waals surface area contributed by atoms with Crippen LogP contribution in [-0.4, -0.2) is 26.3 Å². The van der Waals surface area contributed by atoms with Gasteiger partial charge in [0.05, 0.1) is 5.69 Å². The first kappa shape index (κ1) is 15.6. The molecular weight excluding hydrogens is 330 g/mol. The number of nitrogens with zero attached hydrogens (tertiary/aromatic N) is 2. The van der Waals surface area contributed by atoms with Crippen LogP contribution in [0.25, 0.3) is 33.4 Å². The number of nitrogens with two attached hydrogens (primary N) is 1. The molecule has 2 heterocycles. The number of phenols is 1. The highest BCUT2D eigenvalue weighted by Crippen LogP contribution is 2.30. The van der Waals surface area contributed by atoms with E-state index in [9.17, 15) is 9.90 Å². The minimum absolute atomic E-state index is 0.209. The summed E-state index contributed by atoms with van der Waals surface area (Å²) in [4.78, 5) is 15.3. The second kappa shape index (κ2) is 6.21. The van der Waals surface area contributed by atoms with Gasteiger partial charge in [-0.15, -0.1) is 0 Å². The Morgan fingerprint density at radius 2 is 1.69 bits per heavy atom. The molecule has 0 unspecified atom stereocenters. The van der Waals surface area contributed by atoms with Crippen LogP contribution in [0.5, 0.6) is 5.75 Å². The molecule has 2 aromatic heterocycles. The normalized spacial score (nSPS) is 10.8. The number of aromatic hydroxyl groups is 1. The zero-order chi connectivity index (χ0) is 18.1. The second-order valence-corrected chi connectivity index (χ2v) is 5.81. The summed E-state index contributed by atoms with van der Waals surface area (Å²) in [5, 5.41) is 20.1. The lowest BCUT2D eigenvalue weighted by Crippen LogP contribution is -2.19. The summed E-state index contributed by atoms with van der Waals surface area (Å²) in [5.41, 5.74) is 9.98. The molecule has 26 heavy (non-hydrogen) atoms. The summed E-state index contributed by atoms with van der Waals surface area (Å²) in [5.74, 6) is 0.209. The van der Waals surface area contributed by atoms with E-state index in [2.05, 4.69) is 20.5 Å². The first-order valence-electron chi connectivity index (χ1n) is 7.90. The van der Waals surface area contributed by atoms with Crippen LogP contribution < -0.4 is 11.1 Å². The number of nitrogens with one attached hydrogen (secondary N) is 2. The predicted molar refractivity (Wildman–Crippen MR) is 99.6 cm³/mol. The van der Waals surface area contributed by atoms with Crippen LogP contribution in [0, 0.1) is 0 Å². The molecule has 0 aliphatic heterocycles. The SMILES string of the molecule is NC(=O)Nc1ccc(-c2cnc3n[nH]c(-c4ccc(O)cc4)c3c2)cc1. The van der Waals surface area contributed by atoms with Crippen molar-refractivity contribution >= 4 is 22.8 Å². The maximum absolute atomic E-state index is 10.9. The lowest BCUT2D eigenvalue weighted by Gasteiger charge is -2.05. The molecule has 0 saturated carbocycles. The van der Waals surface area contributed by atoms with Gasteiger partial charge in [0.2, 0.25) is 0 Å². The Kier molecular flexibility index (Phi) is 3.74. The summed E-state index contributed by atoms with van der Waals surface area (Å²) in [7, 11) is 0. The molecule has 7 heteroatoms. The number of hydrogen-bond acceptors (Lipinski definition) is 4. The van der Waals surface area contributed by atoms with E-state index in [-0.39, 0.29) is 5.75 Å². The van der Waals surface area contributed by atoms with Crippen molar-refractivity contribution in [3.05, 3.63) is 60.8 Å². The van der Waals surface area contributed by atoms with Gasteiger partial charge in [0.15, 0.2) is 5.65 Å². The Hall–Kier alpha value is -3.87. The number of phenolic OH excluding ortho intramolecular Hbond substituents is 1. The van der Waals surface area contributed by atoms with E-state index >= 15 is 0 Å². The number of hydrogen-bond donors (Lipinski definition) is 4. The van der Waals surface area contributed by atoms with E-state index in [1.165, 1.54) is 0 Å². The summed E-state index contributed by atoms with van der Waals surface area (Å²) < 4.78 is 0. The van der Waals surface area contributed by atoms with Gasteiger partial charge >= 0.3 is 6.03 Å². The van der Waals surface area contributed by atoms with Crippen LogP contribution >= 0.6 is 0 Å². The fourth-order valence-electron chi connectivity index (χ4n) is 2.79. The Bertz CT molecular complexity index is 1090. The molecule has 0 spiro atoms. The number of amides is 2. The van der Waals surface area contributed by atoms with Crippen molar-refractivity contribution < 1.29 is 9.90 Å². The van der Waals surface area contributed by atoms with Crippen molar-refractivity contribution in [2.24, 2.45) is 5.73 Å². The van der Waals surface area contributed by atoms with Crippen molar-refractivity contribution in [2.75, 3.05) is 5.32 Å². The smallest absolute Gasteiger partial charge is 0.316 e. The number of carbonyl (C=O) groups is 1. The standard InChI is InChI=1S/C19H15N5O2/c20-19(26)22-14-5-1-11(2-6-14)13-9-16-17(23-24-18(16)21-10-13)12-3-7-15(25)8-4-12/h1-10,25H,(H3,20,22,26)(H,21,23,24). The van der Waals surface area contributed by atoms with E-state index in [0.29, 0.717) is 11.3 Å². The topological polar surface area (TPSA) is 117 Å². The van der Waals surface area contributed by atoms with Crippen LogP contribution in [-0.2, 0) is 0 Å². The Morgan fingerprint density at radius 1 is 1.00 bits per heavy atom. The average Bonchev–Trinajstić information content (AvgIpc) is 3.06. The monoisotopic (exact) mass is 345 g/mol. The molecule has 0 saturated heterocycles. The number of pyridine rings is 1. The molecule has 0 aliphatic carbocycles. The number of fused-ring (bicyclic) bond motifs is 1. The van der Waals surface area contributed by atoms with Crippen LogP contribution in [0.4, 0.5) is 10.5 Å². The van der Waals surface area contributed by atoms with Crippen molar-refractivity contribution in [1.29, 1.82) is 0 Å². The van der Waals surface area contributed by atoms with E-state index in [0.717, 1.165) is 27.8 Å². The quantitative estimate of drug-likeness (QED) is 0.454. The Labute approximate surface area is 148 Å². The third-order valence-electron chi connectivity index (χ3n) is 4.05. The molecule has 0 aliphatic rings. The van der Waals surface area contributed by atoms with Gasteiger partial charge in [-0.1, -0.05) is 12.1 Å². The molecule has 2 aromatic carbocycles. The van der Waals surface area contributed by atoms with Crippen LogP contribution in [0.2, 0.25) is 0 Å². The van der Waals surface area contributed by atoms with Crippen LogP contribution in [0.15, 0.2) is 60.8 Å². The summed E-state index contributed by atoms with van der Waals surface area (Å²) in [6, 6.07) is 15.6. The first-order chi connectivity index (χ1) is 12.6. The van der Waals surface area contributed by atoms with Crippen molar-refractivity contribution in [3.63, 3.8) is 0 Å². The lowest BCUT2D eigenvalue weighted by molar-refractivity contribution is 0.259. The van der Waals surface area contributed by atoms with Crippen molar-refractivity contribution in [3.8, 4) is 28.1 Å². The molecule has 2 amide bonds. The Balaban J connectivity index is 1.74. The van der Waals surface area contributed by atoms with E-state index < -0.39 is 6.03 Å². The van der Waals surface area contributed by atoms with Gasteiger partial charge in [-0.25, -0.2) is 9.78 Å². The Morgan fingerprint density at radius 3 is 2.38 bits per heavy atom. The highest BCUT2D eigenvalue weighted by molar-refractivity contribution is 5.93. The maximum Gasteiger partial charge on any atom is 0.316 e. The van der Waals surface area contributed by atoms with Crippen LogP contribution in [0.3, 0.4) is 0 Å². The number of aromatic amines is 1. The fraction of sp³-hybridized carbons (Fsp3) is 0. The average molecular weight is 345 g/mol. The number of H-pyrrole nitrogens is 1. The largest absolute Gasteiger partial charge is 0.508 e. The number of benzene rings is 2. The number of rotatable bonds is 3. The first-order valence-corrected chi connectivity index (χ1v) is 7.90. The molecule has 0 fully saturated rings. The summed E-state index contributed by atoms with van der Waals surface area (Å²) >= 11 is 0. The summed E-state index contributed by atoms with van der Waals surface area (Å²) in [6.45, 7) is 0. The molecular formula is C19H15N5O2. The van der Waals surface area contributed by atoms with E-state index in [1.54, 1.807) is 30.5 Å². The molecule has 5 N–H and O–H groups in total. The van der Waals surface area contributed by atoms with Crippen LogP contribution in [0.1, 0.15) is 0 Å². The fourth-order valence-corrected chi connectivity index (χ4v) is 2.79. The van der Waals surface area contributed by atoms with Gasteiger partial charge in [-0.3, -0.25) is 5.10 Å². The number of aromatic nitrogens is 3. The maximum atomic E-state index is 10.9. The molecule has 0 radical (unpaired) electrons. The van der Waals surface area contributed by atoms with Crippen molar-refractivity contribution in [1.82, 2.24) is 15.2 Å². The number of carbonyl (C=O) groups excluding carboxylic acids is 1. The highest BCUT2D eigenvalue weighted by Gasteiger charge is 2.10. The molecule has 128 valence electrons. The van der Waals surface area contributed by atoms with Gasteiger partial charge in [0.1, 0.15) is 5.75 Å². The second-order valence-electron chi connectivity index (χ2n) is 5.81. The number of urea groups is 1. The summed E-state index contributed by atoms with van der Waals surface area (Å²) in [6.07, 6.45) is 1.75. The minimum Gasteiger partial charge on any atom is -0.508 e. The van der Waals surface area contributed by atoms with Gasteiger partial charge < -0.3 is 16.2 Å². The predicted octanol–water partition coefficient (Wildman–Crippen LogP) is 3.49. The number of anilines is 1. The zero-order valence-electron chi connectivity index (χ0n) is 13.6. The molecule has 4 rings (SSSR count). The molecule has 0 atom stereocenters. The third kappa shape index (κ3) is 2.93. The van der Waals surface area contributed by atoms with Gasteiger partial charge in [-0.2, -0.15) is 5.10 Å². The molecule has 0 bridgehead atoms. The highest BCUT2D eigenvalue weighted by atomic mass is 16.3. The van der Waals surface area contributed by atoms with E-state index in [4.69, 9.17) is 5.73 Å². The third-order valence-corrected chi connectivity index (χ3v) is 4.05. The van der Waals surface area contributed by atoms with Gasteiger partial charge in [0.25, 0.3) is 0 Å². The lowest BCUT2D eigenvalue weighted by atomic mass is 10.0. The van der Waals surface area contributed by atoms with E-state index in [1.807, 2.05) is 30.3 Å². The zero-order valence-corrected chi connectivity index (χ0v) is 13.6. The van der Waals surface area contributed by atoms with Gasteiger partial charge in [0, 0.05) is 28.4 Å².